The quantitative estimate of drug-likeness (QED) is 0.326. The number of allylic oxidation sites excluding steroid dienone is 3. The molecule has 1 aliphatic carbocycles. The number of nitrogens with one attached hydrogen (secondary N) is 1. The number of ketones is 1. The number of hydrogen-bond acceptors (Lipinski definition) is 11. The summed E-state index contributed by atoms with van der Waals surface area (Å²) >= 11 is 8.95. The Balaban J connectivity index is 1.39. The zero-order chi connectivity index (χ0) is 29.1. The number of nitriles is 1. The second-order valence-electron chi connectivity index (χ2n) is 9.13. The molecule has 3 N–H and O–H groups in total. The van der Waals surface area contributed by atoms with Crippen LogP contribution in [0.1, 0.15) is 30.7 Å². The fraction of sp³-hybridized carbons (Fsp3) is 0.250. The molecule has 0 bridgehead atoms. The summed E-state index contributed by atoms with van der Waals surface area (Å²) in [5.74, 6) is 0.400. The number of carbonyl (C=O) groups is 2. The maximum Gasteiger partial charge on any atom is 0.234 e. The van der Waals surface area contributed by atoms with Gasteiger partial charge >= 0.3 is 0 Å². The fourth-order valence-electron chi connectivity index (χ4n) is 4.88. The Bertz CT molecular complexity index is 1610. The van der Waals surface area contributed by atoms with E-state index in [0.29, 0.717) is 67.8 Å². The van der Waals surface area contributed by atoms with Gasteiger partial charge in [-0.1, -0.05) is 52.9 Å². The van der Waals surface area contributed by atoms with E-state index in [9.17, 15) is 14.9 Å². The van der Waals surface area contributed by atoms with Crippen LogP contribution in [0.15, 0.2) is 69.5 Å². The average molecular weight is 609 g/mol. The van der Waals surface area contributed by atoms with Gasteiger partial charge in [0.1, 0.15) is 17.3 Å². The van der Waals surface area contributed by atoms with E-state index >= 15 is 0 Å². The number of carbonyl (C=O) groups excluding carboxylic acids is 2. The third-order valence-corrected chi connectivity index (χ3v) is 9.06. The van der Waals surface area contributed by atoms with Crippen LogP contribution in [-0.2, 0) is 9.59 Å². The summed E-state index contributed by atoms with van der Waals surface area (Å²) in [6.45, 7) is 0. The van der Waals surface area contributed by atoms with Crippen LogP contribution in [0.3, 0.4) is 0 Å². The Labute approximate surface area is 249 Å². The lowest BCUT2D eigenvalue weighted by Gasteiger charge is -2.38. The normalized spacial score (nSPS) is 16.8. The lowest BCUT2D eigenvalue weighted by atomic mass is 9.76. The highest BCUT2D eigenvalue weighted by atomic mass is 35.5. The standard InChI is InChI=1S/C28H25ClN6O4S2/c1-38-16-10-15(11-17(12-16)39-2)32-23(37)14-40-28-34-33-27(41-28)35-21-8-5-9-22(36)25(21)24(19(13-30)26(35)31)18-6-3-4-7-20(18)29/h3-4,6-7,10-12,24H,5,8-9,14,31H2,1-2H3,(H,32,37). The Hall–Kier alpha value is -4.05. The Morgan fingerprint density at radius 1 is 1.22 bits per heavy atom. The number of thioether (sulfide) groups is 1. The van der Waals surface area contributed by atoms with E-state index in [1.165, 1.54) is 37.3 Å². The first-order valence-corrected chi connectivity index (χ1v) is 14.7. The van der Waals surface area contributed by atoms with Crippen LogP contribution in [0.5, 0.6) is 11.5 Å². The van der Waals surface area contributed by atoms with Crippen LogP contribution in [-0.4, -0.2) is 41.9 Å². The largest absolute Gasteiger partial charge is 0.497 e. The monoisotopic (exact) mass is 608 g/mol. The molecule has 1 atom stereocenters. The van der Waals surface area contributed by atoms with Crippen LogP contribution >= 0.6 is 34.7 Å². The number of Topliss-reactive ketones (excluding diaryl/α,β-unsaturated/α-hetero) is 1. The number of benzene rings is 2. The zero-order valence-corrected chi connectivity index (χ0v) is 24.5. The minimum Gasteiger partial charge on any atom is -0.497 e. The number of ether oxygens (including phenoxy) is 2. The summed E-state index contributed by atoms with van der Waals surface area (Å²) in [5.41, 5.74) is 9.22. The van der Waals surface area contributed by atoms with Gasteiger partial charge in [-0.25, -0.2) is 0 Å². The lowest BCUT2D eigenvalue weighted by molar-refractivity contribution is -0.116. The molecule has 13 heteroatoms. The van der Waals surface area contributed by atoms with Crippen molar-refractivity contribution in [2.24, 2.45) is 5.73 Å². The number of rotatable bonds is 8. The summed E-state index contributed by atoms with van der Waals surface area (Å²) in [6.07, 6.45) is 1.60. The van der Waals surface area contributed by atoms with E-state index in [1.807, 2.05) is 12.1 Å². The Morgan fingerprint density at radius 2 is 1.95 bits per heavy atom. The molecule has 0 spiro atoms. The van der Waals surface area contributed by atoms with E-state index in [0.717, 1.165) is 0 Å². The molecule has 1 aromatic heterocycles. The van der Waals surface area contributed by atoms with E-state index in [4.69, 9.17) is 26.8 Å². The zero-order valence-electron chi connectivity index (χ0n) is 22.1. The van der Waals surface area contributed by atoms with Gasteiger partial charge in [0.05, 0.1) is 37.5 Å². The van der Waals surface area contributed by atoms with Crippen LogP contribution in [0.4, 0.5) is 10.8 Å². The summed E-state index contributed by atoms with van der Waals surface area (Å²) in [5, 5.41) is 22.4. The van der Waals surface area contributed by atoms with Gasteiger partial charge in [-0.15, -0.1) is 10.2 Å². The molecule has 1 unspecified atom stereocenters. The second kappa shape index (κ2) is 12.2. The molecule has 0 radical (unpaired) electrons. The van der Waals surface area contributed by atoms with Crippen molar-refractivity contribution >= 4 is 57.2 Å². The molecule has 5 rings (SSSR count). The maximum absolute atomic E-state index is 13.3. The Morgan fingerprint density at radius 3 is 2.63 bits per heavy atom. The topological polar surface area (TPSA) is 143 Å². The molecule has 1 amide bonds. The first-order valence-electron chi connectivity index (χ1n) is 12.5. The molecule has 2 aliphatic rings. The van der Waals surface area contributed by atoms with Gasteiger partial charge in [0.2, 0.25) is 11.0 Å². The van der Waals surface area contributed by atoms with Crippen molar-refractivity contribution in [2.75, 3.05) is 30.2 Å². The van der Waals surface area contributed by atoms with Gasteiger partial charge in [0, 0.05) is 46.6 Å². The minimum atomic E-state index is -0.659. The van der Waals surface area contributed by atoms with E-state index in [-0.39, 0.29) is 28.8 Å². The molecule has 2 aromatic carbocycles. The highest BCUT2D eigenvalue weighted by Gasteiger charge is 2.41. The fourth-order valence-corrected chi connectivity index (χ4v) is 6.81. The SMILES string of the molecule is COc1cc(NC(=O)CSc2nnc(N3C(N)=C(C#N)C(c4ccccc4Cl)C4=C3CCCC4=O)s2)cc(OC)c1. The smallest absolute Gasteiger partial charge is 0.234 e. The predicted molar refractivity (Wildman–Crippen MR) is 158 cm³/mol. The van der Waals surface area contributed by atoms with Crippen molar-refractivity contribution in [3.63, 3.8) is 0 Å². The van der Waals surface area contributed by atoms with Gasteiger partial charge < -0.3 is 20.5 Å². The number of halogens is 1. The molecule has 3 aromatic rings. The van der Waals surface area contributed by atoms with E-state index < -0.39 is 5.92 Å². The highest BCUT2D eigenvalue weighted by molar-refractivity contribution is 8.01. The molecule has 0 fully saturated rings. The van der Waals surface area contributed by atoms with Crippen LogP contribution in [0.25, 0.3) is 0 Å². The van der Waals surface area contributed by atoms with Crippen molar-refractivity contribution < 1.29 is 19.1 Å². The van der Waals surface area contributed by atoms with Gasteiger partial charge in [0.15, 0.2) is 10.1 Å². The second-order valence-corrected chi connectivity index (χ2v) is 11.7. The Kier molecular flexibility index (Phi) is 8.49. The molecule has 210 valence electrons. The van der Waals surface area contributed by atoms with Gasteiger partial charge in [-0.3, -0.25) is 14.5 Å². The molecular weight excluding hydrogens is 584 g/mol. The van der Waals surface area contributed by atoms with Crippen LogP contribution in [0.2, 0.25) is 5.02 Å². The third kappa shape index (κ3) is 5.74. The van der Waals surface area contributed by atoms with Crippen molar-refractivity contribution in [2.45, 2.75) is 29.5 Å². The number of hydrogen-bond donors (Lipinski definition) is 2. The number of methoxy groups -OCH3 is 2. The van der Waals surface area contributed by atoms with Crippen LogP contribution in [0, 0.1) is 11.3 Å². The lowest BCUT2D eigenvalue weighted by Crippen LogP contribution is -2.38. The first-order chi connectivity index (χ1) is 19.8. The van der Waals surface area contributed by atoms with Gasteiger partial charge in [0.25, 0.3) is 0 Å². The van der Waals surface area contributed by atoms with Crippen LogP contribution < -0.4 is 25.4 Å². The van der Waals surface area contributed by atoms with Crippen molar-refractivity contribution in [1.29, 1.82) is 5.26 Å². The molecule has 10 nitrogen and oxygen atoms in total. The summed E-state index contributed by atoms with van der Waals surface area (Å²) in [7, 11) is 3.07. The van der Waals surface area contributed by atoms with Crippen molar-refractivity contribution in [3.05, 3.63) is 75.7 Å². The first kappa shape index (κ1) is 28.5. The highest BCUT2D eigenvalue weighted by Crippen LogP contribution is 2.48. The third-order valence-electron chi connectivity index (χ3n) is 6.68. The molecular formula is C28H25ClN6O4S2. The summed E-state index contributed by atoms with van der Waals surface area (Å²) in [6, 6.07) is 14.5. The number of nitrogens with zero attached hydrogens (tertiary/aromatic N) is 4. The molecule has 41 heavy (non-hydrogen) atoms. The predicted octanol–water partition coefficient (Wildman–Crippen LogP) is 5.24. The van der Waals surface area contributed by atoms with Gasteiger partial charge in [-0.2, -0.15) is 5.26 Å². The number of anilines is 2. The molecule has 0 saturated heterocycles. The van der Waals surface area contributed by atoms with E-state index in [1.54, 1.807) is 35.2 Å². The molecule has 2 heterocycles. The molecule has 1 aliphatic heterocycles. The average Bonchev–Trinajstić information content (AvgIpc) is 3.44. The van der Waals surface area contributed by atoms with Gasteiger partial charge in [-0.05, 0) is 24.5 Å². The number of aromatic nitrogens is 2. The summed E-state index contributed by atoms with van der Waals surface area (Å²) < 4.78 is 11.0. The summed E-state index contributed by atoms with van der Waals surface area (Å²) in [4.78, 5) is 27.6. The van der Waals surface area contributed by atoms with Crippen molar-refractivity contribution in [3.8, 4) is 17.6 Å². The number of nitrogens with two attached hydrogens (primary N) is 1. The maximum atomic E-state index is 13.3. The van der Waals surface area contributed by atoms with E-state index in [2.05, 4.69) is 21.6 Å². The molecule has 0 saturated carbocycles. The minimum absolute atomic E-state index is 0.0497. The van der Waals surface area contributed by atoms with Crippen molar-refractivity contribution in [1.82, 2.24) is 10.2 Å². The number of amides is 1.